The summed E-state index contributed by atoms with van der Waals surface area (Å²) in [6.45, 7) is 1.66. The summed E-state index contributed by atoms with van der Waals surface area (Å²) in [6.07, 6.45) is 6.06. The molecule has 2 N–H and O–H groups in total. The van der Waals surface area contributed by atoms with Crippen LogP contribution in [-0.2, 0) is 4.74 Å². The van der Waals surface area contributed by atoms with E-state index in [1.165, 1.54) is 12.8 Å². The van der Waals surface area contributed by atoms with Crippen LogP contribution >= 0.6 is 23.2 Å². The van der Waals surface area contributed by atoms with Crippen LogP contribution in [0.1, 0.15) is 43.2 Å². The Morgan fingerprint density at radius 1 is 1.11 bits per heavy atom. The highest BCUT2D eigenvalue weighted by atomic mass is 35.5. The number of hydrogen-bond donors (Lipinski definition) is 2. The number of likely N-dealkylation sites (tertiary alicyclic amines) is 1. The van der Waals surface area contributed by atoms with E-state index >= 15 is 4.39 Å². The van der Waals surface area contributed by atoms with Crippen LogP contribution in [0.3, 0.4) is 0 Å². The van der Waals surface area contributed by atoms with E-state index in [1.54, 1.807) is 18.5 Å². The number of alkyl halides is 1. The van der Waals surface area contributed by atoms with Crippen LogP contribution in [0.4, 0.5) is 16.0 Å². The monoisotopic (exact) mass is 546 g/mol. The number of nitrogens with one attached hydrogen (secondary N) is 1. The van der Waals surface area contributed by atoms with E-state index in [2.05, 4.69) is 15.4 Å². The topological polar surface area (TPSA) is 88.3 Å². The molecule has 0 amide bonds. The summed E-state index contributed by atoms with van der Waals surface area (Å²) in [5.74, 6) is 1.55. The van der Waals surface area contributed by atoms with Crippen molar-refractivity contribution in [2.24, 2.45) is 11.8 Å². The molecule has 2 aromatic heterocycles. The van der Waals surface area contributed by atoms with Crippen molar-refractivity contribution in [3.05, 3.63) is 40.3 Å². The van der Waals surface area contributed by atoms with Gasteiger partial charge in [0, 0.05) is 29.1 Å². The van der Waals surface area contributed by atoms with E-state index < -0.39 is 12.3 Å². The van der Waals surface area contributed by atoms with E-state index in [0.29, 0.717) is 65.5 Å². The number of aliphatic hydroxyl groups is 1. The average molecular weight is 547 g/mol. The first-order valence-corrected chi connectivity index (χ1v) is 13.8. The third-order valence-corrected chi connectivity index (χ3v) is 9.55. The van der Waals surface area contributed by atoms with E-state index in [1.807, 2.05) is 15.6 Å². The summed E-state index contributed by atoms with van der Waals surface area (Å²) < 4.78 is 22.7. The van der Waals surface area contributed by atoms with Crippen molar-refractivity contribution >= 4 is 45.7 Å². The van der Waals surface area contributed by atoms with Crippen LogP contribution in [0.2, 0.25) is 10.2 Å². The summed E-state index contributed by atoms with van der Waals surface area (Å²) in [5, 5.41) is 19.8. The number of nitrogens with zero attached hydrogens (tertiary/aromatic N) is 5. The number of halogens is 3. The number of benzene rings is 1. The minimum atomic E-state index is -1.11. The van der Waals surface area contributed by atoms with Gasteiger partial charge in [0.1, 0.15) is 6.17 Å². The minimum Gasteiger partial charge on any atom is -0.389 e. The quantitative estimate of drug-likeness (QED) is 0.478. The first kappa shape index (κ1) is 24.0. The Morgan fingerprint density at radius 2 is 1.97 bits per heavy atom. The molecule has 3 aromatic rings. The summed E-state index contributed by atoms with van der Waals surface area (Å²) >= 11 is 13.3. The molecule has 2 saturated heterocycles. The molecule has 196 valence electrons. The van der Waals surface area contributed by atoms with Gasteiger partial charge in [-0.25, -0.2) is 19.0 Å². The SMILES string of the molecule is O[C@@H]1COCC1N1CCC(c2cc3nc(Nc4cnn([C@@H]5CC6CC5C6)c4Cl)ncc3cc2Cl)[C@@H](F)C1. The van der Waals surface area contributed by atoms with E-state index in [9.17, 15) is 5.11 Å². The highest BCUT2D eigenvalue weighted by Gasteiger charge is 2.46. The molecule has 2 unspecified atom stereocenters. The second-order valence-corrected chi connectivity index (χ2v) is 11.8. The molecule has 8 nitrogen and oxygen atoms in total. The Morgan fingerprint density at radius 3 is 2.70 bits per heavy atom. The van der Waals surface area contributed by atoms with Crippen molar-refractivity contribution in [3.8, 4) is 0 Å². The van der Waals surface area contributed by atoms with Gasteiger partial charge in [-0.1, -0.05) is 23.2 Å². The summed E-state index contributed by atoms with van der Waals surface area (Å²) in [6, 6.07) is 3.91. The van der Waals surface area contributed by atoms with Gasteiger partial charge in [-0.2, -0.15) is 5.10 Å². The lowest BCUT2D eigenvalue weighted by atomic mass is 9.84. The molecule has 11 heteroatoms. The van der Waals surface area contributed by atoms with Gasteiger partial charge in [-0.3, -0.25) is 4.90 Å². The fraction of sp³-hybridized carbons (Fsp3) is 0.577. The molecule has 3 aliphatic carbocycles. The lowest BCUT2D eigenvalue weighted by Crippen LogP contribution is -2.50. The molecule has 5 fully saturated rings. The second kappa shape index (κ2) is 9.31. The Kier molecular flexibility index (Phi) is 6.05. The van der Waals surface area contributed by atoms with Gasteiger partial charge in [0.05, 0.1) is 48.8 Å². The number of ether oxygens (including phenoxy) is 1. The fourth-order valence-electron chi connectivity index (χ4n) is 6.78. The first-order chi connectivity index (χ1) is 17.9. The molecule has 37 heavy (non-hydrogen) atoms. The van der Waals surface area contributed by atoms with Crippen LogP contribution < -0.4 is 5.32 Å². The number of anilines is 2. The minimum absolute atomic E-state index is 0.150. The molecule has 4 heterocycles. The van der Waals surface area contributed by atoms with Crippen LogP contribution in [-0.4, -0.2) is 74.4 Å². The molecule has 5 atom stereocenters. The van der Waals surface area contributed by atoms with Crippen molar-refractivity contribution in [1.29, 1.82) is 0 Å². The molecular formula is C26H29Cl2FN6O2. The number of hydrogen-bond acceptors (Lipinski definition) is 7. The van der Waals surface area contributed by atoms with Crippen molar-refractivity contribution in [2.45, 2.75) is 56.0 Å². The maximum atomic E-state index is 15.4. The summed E-state index contributed by atoms with van der Waals surface area (Å²) in [5.41, 5.74) is 2.11. The predicted molar refractivity (Wildman–Crippen MR) is 139 cm³/mol. The lowest BCUT2D eigenvalue weighted by molar-refractivity contribution is 0.0353. The van der Waals surface area contributed by atoms with Crippen molar-refractivity contribution in [2.75, 3.05) is 31.6 Å². The number of aliphatic hydroxyl groups excluding tert-OH is 1. The van der Waals surface area contributed by atoms with Crippen LogP contribution in [0.25, 0.3) is 10.9 Å². The maximum Gasteiger partial charge on any atom is 0.227 e. The highest BCUT2D eigenvalue weighted by molar-refractivity contribution is 6.32. The van der Waals surface area contributed by atoms with Crippen LogP contribution in [0.5, 0.6) is 0 Å². The zero-order valence-electron chi connectivity index (χ0n) is 20.2. The first-order valence-electron chi connectivity index (χ1n) is 13.0. The molecule has 1 aromatic carbocycles. The third-order valence-electron chi connectivity index (χ3n) is 8.85. The molecule has 0 radical (unpaired) electrons. The summed E-state index contributed by atoms with van der Waals surface area (Å²) in [4.78, 5) is 11.1. The Balaban J connectivity index is 1.11. The van der Waals surface area contributed by atoms with Gasteiger partial charge in [0.2, 0.25) is 5.95 Å². The lowest BCUT2D eigenvalue weighted by Gasteiger charge is -2.39. The van der Waals surface area contributed by atoms with Crippen LogP contribution in [0, 0.1) is 11.8 Å². The standard InChI is InChI=1S/C26H29Cl2FN6O2/c27-18-6-15-8-30-26(33-21-9-31-35(25(21)28)22-5-13-3-14(22)4-13)32-20(15)7-17(18)16-1-2-34(10-19(16)29)23-11-37-12-24(23)36/h6-9,13-14,16,19,22-24,36H,1-5,10-12H2,(H,30,32,33)/t13?,14?,16?,19-,22+,23?,24+/m0/s1. The van der Waals surface area contributed by atoms with Gasteiger partial charge in [-0.05, 0) is 61.8 Å². The van der Waals surface area contributed by atoms with Gasteiger partial charge >= 0.3 is 0 Å². The van der Waals surface area contributed by atoms with Gasteiger partial charge in [-0.15, -0.1) is 0 Å². The molecule has 2 aliphatic heterocycles. The normalized spacial score (nSPS) is 33.7. The fourth-order valence-corrected chi connectivity index (χ4v) is 7.36. The largest absolute Gasteiger partial charge is 0.389 e. The number of aromatic nitrogens is 4. The maximum absolute atomic E-state index is 15.4. The Hall–Kier alpha value is -2.04. The smallest absolute Gasteiger partial charge is 0.227 e. The molecule has 0 spiro atoms. The van der Waals surface area contributed by atoms with Crippen molar-refractivity contribution < 1.29 is 14.2 Å². The second-order valence-electron chi connectivity index (χ2n) is 11.0. The van der Waals surface area contributed by atoms with Gasteiger partial charge in [0.15, 0.2) is 5.15 Å². The molecule has 3 saturated carbocycles. The highest BCUT2D eigenvalue weighted by Crippen LogP contribution is 2.55. The molecule has 5 aliphatic rings. The van der Waals surface area contributed by atoms with Gasteiger partial charge < -0.3 is 15.2 Å². The Labute approximate surface area is 224 Å². The van der Waals surface area contributed by atoms with Crippen molar-refractivity contribution in [1.82, 2.24) is 24.6 Å². The molecule has 8 rings (SSSR count). The molecular weight excluding hydrogens is 518 g/mol. The number of fused-ring (bicyclic) bond motifs is 2. The summed E-state index contributed by atoms with van der Waals surface area (Å²) in [7, 11) is 0. The molecule has 2 bridgehead atoms. The van der Waals surface area contributed by atoms with E-state index in [4.69, 9.17) is 32.9 Å². The van der Waals surface area contributed by atoms with Gasteiger partial charge in [0.25, 0.3) is 0 Å². The van der Waals surface area contributed by atoms with Crippen LogP contribution in [0.15, 0.2) is 24.5 Å². The number of rotatable bonds is 5. The van der Waals surface area contributed by atoms with E-state index in [-0.39, 0.29) is 18.5 Å². The van der Waals surface area contributed by atoms with Crippen molar-refractivity contribution in [3.63, 3.8) is 0 Å². The Bertz CT molecular complexity index is 1330. The zero-order valence-corrected chi connectivity index (χ0v) is 21.7. The average Bonchev–Trinajstić information content (AvgIpc) is 3.64. The predicted octanol–water partition coefficient (Wildman–Crippen LogP) is 4.73. The third kappa shape index (κ3) is 4.19. The number of piperidine rings is 1. The van der Waals surface area contributed by atoms with E-state index in [0.717, 1.165) is 23.3 Å². The zero-order chi connectivity index (χ0) is 25.3.